The summed E-state index contributed by atoms with van der Waals surface area (Å²) in [6.07, 6.45) is -5.71. The number of pyridine rings is 1. The van der Waals surface area contributed by atoms with E-state index in [1.165, 1.54) is 20.2 Å². The van der Waals surface area contributed by atoms with Gasteiger partial charge in [0.15, 0.2) is 12.6 Å². The van der Waals surface area contributed by atoms with Gasteiger partial charge in [0, 0.05) is 76.7 Å². The van der Waals surface area contributed by atoms with Crippen molar-refractivity contribution in [2.24, 2.45) is 23.7 Å². The number of rotatable bonds is 18. The molecule has 0 amide bonds. The number of carbonyl (C=O) groups excluding carboxylic acids is 2. The Morgan fingerprint density at radius 2 is 1.51 bits per heavy atom. The van der Waals surface area contributed by atoms with Crippen LogP contribution in [0.5, 0.6) is 0 Å². The lowest BCUT2D eigenvalue weighted by atomic mass is 9.74. The van der Waals surface area contributed by atoms with Crippen molar-refractivity contribution in [2.75, 3.05) is 74.2 Å². The second-order valence-electron chi connectivity index (χ2n) is 23.1. The summed E-state index contributed by atoms with van der Waals surface area (Å²) in [6.45, 7) is 19.1. The number of aromatic carboxylic acids is 1. The van der Waals surface area contributed by atoms with Gasteiger partial charge in [0.1, 0.15) is 35.3 Å². The molecular formula is C56H92N4O16. The molecule has 0 radical (unpaired) electrons. The highest BCUT2D eigenvalue weighted by atomic mass is 16.7. The fourth-order valence-corrected chi connectivity index (χ4v) is 11.9. The van der Waals surface area contributed by atoms with Gasteiger partial charge in [0.2, 0.25) is 5.43 Å². The van der Waals surface area contributed by atoms with Crippen molar-refractivity contribution in [3.05, 3.63) is 45.7 Å². The predicted octanol–water partition coefficient (Wildman–Crippen LogP) is 4.24. The number of methoxy groups -OCH3 is 2. The van der Waals surface area contributed by atoms with Crippen molar-refractivity contribution in [3.8, 4) is 0 Å². The first-order chi connectivity index (χ1) is 35.5. The summed E-state index contributed by atoms with van der Waals surface area (Å²) in [5.74, 6) is -5.91. The van der Waals surface area contributed by atoms with Crippen LogP contribution in [0.4, 0.5) is 0 Å². The van der Waals surface area contributed by atoms with Gasteiger partial charge in [-0.25, -0.2) is 4.79 Å². The second-order valence-corrected chi connectivity index (χ2v) is 23.1. The smallest absolute Gasteiger partial charge is 0.341 e. The molecule has 3 aliphatic heterocycles. The average molecular weight is 1080 g/mol. The molecule has 1 unspecified atom stereocenters. The summed E-state index contributed by atoms with van der Waals surface area (Å²) >= 11 is 0. The number of aryl methyl sites for hydroxylation is 1. The largest absolute Gasteiger partial charge is 0.477 e. The first-order valence-electron chi connectivity index (χ1n) is 27.1. The molecule has 0 aliphatic carbocycles. The van der Waals surface area contributed by atoms with Crippen LogP contribution in [0.25, 0.3) is 10.9 Å². The number of hydrogen-bond acceptors (Lipinski definition) is 18. The maximum Gasteiger partial charge on any atom is 0.341 e. The number of aliphatic hydroxyl groups is 3. The van der Waals surface area contributed by atoms with Crippen LogP contribution in [0.15, 0.2) is 29.2 Å². The van der Waals surface area contributed by atoms with Gasteiger partial charge in [-0.15, -0.1) is 0 Å². The van der Waals surface area contributed by atoms with Crippen molar-refractivity contribution in [3.63, 3.8) is 0 Å². The number of carboxylic acids is 1. The molecular weight excluding hydrogens is 985 g/mol. The lowest BCUT2D eigenvalue weighted by molar-refractivity contribution is -0.322. The number of ether oxygens (including phenoxy) is 8. The Morgan fingerprint density at radius 1 is 0.868 bits per heavy atom. The number of likely N-dealkylation sites (N-methyl/N-ethyl adjacent to an activating group) is 2. The third-order valence-electron chi connectivity index (χ3n) is 16.7. The number of nitrogens with zero attached hydrogens (tertiary/aromatic N) is 4. The number of carbonyl (C=O) groups is 3. The Kier molecular flexibility index (Phi) is 21.7. The van der Waals surface area contributed by atoms with E-state index in [1.807, 2.05) is 72.8 Å². The molecule has 76 heavy (non-hydrogen) atoms. The number of fused-ring (bicyclic) bond motifs is 1. The van der Waals surface area contributed by atoms with Crippen LogP contribution in [0.2, 0.25) is 0 Å². The van der Waals surface area contributed by atoms with E-state index in [1.54, 1.807) is 64.7 Å². The Labute approximate surface area is 450 Å². The third kappa shape index (κ3) is 14.0. The third-order valence-corrected chi connectivity index (χ3v) is 16.7. The molecule has 0 spiro atoms. The van der Waals surface area contributed by atoms with Gasteiger partial charge >= 0.3 is 11.9 Å². The van der Waals surface area contributed by atoms with Crippen molar-refractivity contribution in [2.45, 2.75) is 192 Å². The fraction of sp³-hybridized carbons (Fsp3) is 0.786. The van der Waals surface area contributed by atoms with Gasteiger partial charge < -0.3 is 73.1 Å². The molecule has 5 rings (SSSR count). The quantitative estimate of drug-likeness (QED) is 0.153. The molecule has 4 N–H and O–H groups in total. The fourth-order valence-electron chi connectivity index (χ4n) is 11.9. The molecule has 1 aromatic carbocycles. The molecule has 20 nitrogen and oxygen atoms in total. The highest BCUT2D eigenvalue weighted by Crippen LogP contribution is 2.42. The Hall–Kier alpha value is -3.64. The topological polar surface area (TPSA) is 238 Å². The number of cyclic esters (lactones) is 1. The number of ketones is 1. The highest BCUT2D eigenvalue weighted by Gasteiger charge is 2.54. The minimum Gasteiger partial charge on any atom is -0.477 e. The Balaban J connectivity index is 1.38. The monoisotopic (exact) mass is 1080 g/mol. The van der Waals surface area contributed by atoms with Crippen LogP contribution in [0.1, 0.15) is 117 Å². The first-order valence-corrected chi connectivity index (χ1v) is 27.1. The average Bonchev–Trinajstić information content (AvgIpc) is 3.36. The number of aromatic nitrogens is 1. The van der Waals surface area contributed by atoms with Gasteiger partial charge in [0.05, 0.1) is 59.8 Å². The van der Waals surface area contributed by atoms with E-state index in [0.717, 1.165) is 12.0 Å². The van der Waals surface area contributed by atoms with Gasteiger partial charge in [-0.05, 0) is 119 Å². The summed E-state index contributed by atoms with van der Waals surface area (Å²) in [4.78, 5) is 57.9. The van der Waals surface area contributed by atoms with Crippen LogP contribution >= 0.6 is 0 Å². The number of hydrogen-bond donors (Lipinski definition) is 4. The first kappa shape index (κ1) is 63.2. The summed E-state index contributed by atoms with van der Waals surface area (Å²) < 4.78 is 53.9. The molecule has 3 aliphatic rings. The number of Topliss-reactive ketones (excluding diaryl/α,β-unsaturated/α-hetero) is 1. The van der Waals surface area contributed by atoms with E-state index >= 15 is 0 Å². The zero-order valence-corrected chi connectivity index (χ0v) is 48.3. The zero-order chi connectivity index (χ0) is 56.9. The molecule has 1 aromatic heterocycles. The van der Waals surface area contributed by atoms with Gasteiger partial charge in [-0.1, -0.05) is 33.8 Å². The van der Waals surface area contributed by atoms with Crippen LogP contribution in [0.3, 0.4) is 0 Å². The van der Waals surface area contributed by atoms with Crippen molar-refractivity contribution >= 4 is 28.6 Å². The van der Waals surface area contributed by atoms with E-state index in [2.05, 4.69) is 4.90 Å². The minimum atomic E-state index is -2.00. The molecule has 0 saturated carbocycles. The van der Waals surface area contributed by atoms with Gasteiger partial charge in [-0.3, -0.25) is 19.1 Å². The van der Waals surface area contributed by atoms with Crippen LogP contribution in [-0.2, 0) is 53.9 Å². The van der Waals surface area contributed by atoms with Gasteiger partial charge in [0.25, 0.3) is 0 Å². The van der Waals surface area contributed by atoms with Crippen molar-refractivity contribution in [1.29, 1.82) is 0 Å². The highest BCUT2D eigenvalue weighted by molar-refractivity contribution is 5.93. The van der Waals surface area contributed by atoms with E-state index in [4.69, 9.17) is 37.9 Å². The van der Waals surface area contributed by atoms with E-state index in [-0.39, 0.29) is 42.8 Å². The Morgan fingerprint density at radius 3 is 2.11 bits per heavy atom. The van der Waals surface area contributed by atoms with Crippen LogP contribution < -0.4 is 10.4 Å². The van der Waals surface area contributed by atoms with E-state index < -0.39 is 113 Å². The lowest BCUT2D eigenvalue weighted by Gasteiger charge is -2.50. The normalized spacial score (nSPS) is 37.3. The molecule has 0 bridgehead atoms. The summed E-state index contributed by atoms with van der Waals surface area (Å²) in [5.41, 5.74) is -3.51. The summed E-state index contributed by atoms with van der Waals surface area (Å²) in [5, 5.41) is 47.1. The number of benzene rings is 1. The second kappa shape index (κ2) is 26.1. The maximum absolute atomic E-state index is 14.6. The van der Waals surface area contributed by atoms with Crippen molar-refractivity contribution in [1.82, 2.24) is 14.5 Å². The van der Waals surface area contributed by atoms with Crippen LogP contribution in [-0.4, -0.2) is 206 Å². The predicted molar refractivity (Wildman–Crippen MR) is 286 cm³/mol. The SMILES string of the molecule is CC[C@H]1OC(=O)[C@H](C)[C@@H](OC2C[C@@](C)(OC)[C@@H](OCCN(C)CCCc3ccc4c(c3)c(=O)c(C(=O)O)cn4N(C)C)[C@H](C)O2)[C@H](C)[C@@H](O[C@@H]2O[C@H](C)C[C@H](N(C)C)[C@H]2O)[C@](C)(OC)C[C@@H](C)C(=O)[C@H](C)[C@@H](O)[C@]1(C)O. The lowest BCUT2D eigenvalue weighted by Crippen LogP contribution is -2.61. The molecule has 20 heteroatoms. The summed E-state index contributed by atoms with van der Waals surface area (Å²) in [7, 11) is 12.4. The number of esters is 1. The molecule has 3 saturated heterocycles. The molecule has 18 atom stereocenters. The molecule has 2 aromatic rings. The Bertz CT molecular complexity index is 2330. The van der Waals surface area contributed by atoms with Crippen molar-refractivity contribution < 1.29 is 72.7 Å². The molecule has 3 fully saturated rings. The van der Waals surface area contributed by atoms with E-state index in [9.17, 15) is 39.6 Å². The van der Waals surface area contributed by atoms with Crippen LogP contribution in [0, 0.1) is 23.7 Å². The summed E-state index contributed by atoms with van der Waals surface area (Å²) in [6, 6.07) is 5.27. The standard InChI is InChI=1S/C56H92N4O16/c1-18-42-56(10,68)48(64)33(4)44(61)31(2)28-54(8,69-16)49(76-53-46(63)41(57(11)12)26-32(3)72-53)34(5)47(35(6)52(67)74-42)75-43-29-55(9,70-17)50(36(7)73-43)71-25-24-59(15)23-19-20-37-21-22-40-38(27-37)45(62)39(51(65)66)30-60(40)58(13)14/h21-22,27,30-36,41-43,46-50,53,63-64,68H,18-20,23-26,28-29H2,1-17H3,(H,65,66)/t31-,32-,33+,34+,35-,36+,41+,42-,43?,46-,47+,48-,49-,50+,53+,54-,55-,56-/m1/s1. The number of aliphatic hydroxyl groups excluding tert-OH is 2. The number of carboxylic acid groups (broad SMARTS) is 1. The maximum atomic E-state index is 14.6. The van der Waals surface area contributed by atoms with E-state index in [0.29, 0.717) is 43.4 Å². The molecule has 432 valence electrons. The zero-order valence-electron chi connectivity index (χ0n) is 48.3. The molecule has 4 heterocycles. The van der Waals surface area contributed by atoms with Gasteiger partial charge in [-0.2, -0.15) is 0 Å². The minimum absolute atomic E-state index is 0.0869.